The van der Waals surface area contributed by atoms with Crippen molar-refractivity contribution in [3.8, 4) is 0 Å². The molecular formula is C23H26FN3O2S. The summed E-state index contributed by atoms with van der Waals surface area (Å²) >= 11 is 1.36. The number of benzene rings is 2. The zero-order valence-electron chi connectivity index (χ0n) is 17.4. The van der Waals surface area contributed by atoms with Gasteiger partial charge in [-0.3, -0.25) is 14.6 Å². The number of halogens is 1. The lowest BCUT2D eigenvalue weighted by Gasteiger charge is -2.28. The molecule has 1 aliphatic heterocycles. The molecule has 4 rings (SSSR count). The number of morpholine rings is 1. The fourth-order valence-electron chi connectivity index (χ4n) is 3.76. The number of aromatic nitrogens is 1. The number of hydrogen-bond acceptors (Lipinski definition) is 5. The lowest BCUT2D eigenvalue weighted by molar-refractivity contribution is 0.0376. The smallest absolute Gasteiger partial charge is 0.260 e. The van der Waals surface area contributed by atoms with Crippen LogP contribution in [0.5, 0.6) is 0 Å². The van der Waals surface area contributed by atoms with E-state index < -0.39 is 0 Å². The number of nitrogens with zero attached hydrogens (tertiary/aromatic N) is 3. The maximum Gasteiger partial charge on any atom is 0.260 e. The summed E-state index contributed by atoms with van der Waals surface area (Å²) in [6.45, 7) is 8.80. The van der Waals surface area contributed by atoms with Gasteiger partial charge in [0.1, 0.15) is 5.82 Å². The third-order valence-electron chi connectivity index (χ3n) is 5.39. The average Bonchev–Trinajstić information content (AvgIpc) is 3.14. The summed E-state index contributed by atoms with van der Waals surface area (Å²) in [5, 5.41) is 0.613. The van der Waals surface area contributed by atoms with E-state index in [0.29, 0.717) is 22.8 Å². The first kappa shape index (κ1) is 20.9. The SMILES string of the molecule is Cc1ccc(C(=O)N(CCCN2CCOCC2)c2nc3ccc(F)cc3s2)c(C)c1. The van der Waals surface area contributed by atoms with Crippen molar-refractivity contribution in [2.45, 2.75) is 20.3 Å². The van der Waals surface area contributed by atoms with Crippen LogP contribution in [0.1, 0.15) is 27.9 Å². The van der Waals surface area contributed by atoms with E-state index in [1.807, 2.05) is 32.0 Å². The monoisotopic (exact) mass is 427 g/mol. The third kappa shape index (κ3) is 4.69. The molecule has 2 heterocycles. The van der Waals surface area contributed by atoms with Crippen molar-refractivity contribution in [2.24, 2.45) is 0 Å². The molecule has 2 aromatic carbocycles. The molecule has 1 aliphatic rings. The Bertz CT molecular complexity index is 1050. The molecule has 0 unspecified atom stereocenters. The lowest BCUT2D eigenvalue weighted by atomic mass is 10.0. The van der Waals surface area contributed by atoms with E-state index in [-0.39, 0.29) is 11.7 Å². The molecule has 1 amide bonds. The molecule has 5 nitrogen and oxygen atoms in total. The van der Waals surface area contributed by atoms with Crippen LogP contribution < -0.4 is 4.90 Å². The van der Waals surface area contributed by atoms with Gasteiger partial charge in [0.15, 0.2) is 5.13 Å². The van der Waals surface area contributed by atoms with Crippen molar-refractivity contribution in [2.75, 3.05) is 44.3 Å². The highest BCUT2D eigenvalue weighted by Gasteiger charge is 2.23. The normalized spacial score (nSPS) is 14.9. The van der Waals surface area contributed by atoms with Gasteiger partial charge >= 0.3 is 0 Å². The molecule has 7 heteroatoms. The van der Waals surface area contributed by atoms with Crippen LogP contribution in [-0.4, -0.2) is 55.2 Å². The van der Waals surface area contributed by atoms with E-state index in [4.69, 9.17) is 4.74 Å². The molecule has 1 saturated heterocycles. The molecule has 3 aromatic rings. The molecule has 158 valence electrons. The van der Waals surface area contributed by atoms with Crippen LogP contribution in [-0.2, 0) is 4.74 Å². The Morgan fingerprint density at radius 1 is 1.20 bits per heavy atom. The van der Waals surface area contributed by atoms with Gasteiger partial charge in [-0.15, -0.1) is 0 Å². The number of carbonyl (C=O) groups is 1. The Morgan fingerprint density at radius 3 is 2.77 bits per heavy atom. The summed E-state index contributed by atoms with van der Waals surface area (Å²) in [5.41, 5.74) is 3.46. The molecule has 1 fully saturated rings. The van der Waals surface area contributed by atoms with Crippen LogP contribution in [0, 0.1) is 19.7 Å². The van der Waals surface area contributed by atoms with E-state index in [1.165, 1.54) is 23.5 Å². The zero-order valence-corrected chi connectivity index (χ0v) is 18.2. The summed E-state index contributed by atoms with van der Waals surface area (Å²) in [5.74, 6) is -0.355. The van der Waals surface area contributed by atoms with Crippen molar-refractivity contribution in [3.05, 3.63) is 58.9 Å². The van der Waals surface area contributed by atoms with Crippen LogP contribution in [0.15, 0.2) is 36.4 Å². The van der Waals surface area contributed by atoms with Crippen molar-refractivity contribution >= 4 is 32.6 Å². The van der Waals surface area contributed by atoms with Gasteiger partial charge in [0.2, 0.25) is 0 Å². The summed E-state index contributed by atoms with van der Waals surface area (Å²) in [4.78, 5) is 22.2. The first-order valence-electron chi connectivity index (χ1n) is 10.3. The van der Waals surface area contributed by atoms with E-state index >= 15 is 0 Å². The van der Waals surface area contributed by atoms with Gasteiger partial charge < -0.3 is 4.74 Å². The lowest BCUT2D eigenvalue weighted by Crippen LogP contribution is -2.39. The van der Waals surface area contributed by atoms with Crippen molar-refractivity contribution < 1.29 is 13.9 Å². The second-order valence-electron chi connectivity index (χ2n) is 7.69. The van der Waals surface area contributed by atoms with Crippen LogP contribution in [0.25, 0.3) is 10.2 Å². The van der Waals surface area contributed by atoms with E-state index in [9.17, 15) is 9.18 Å². The molecule has 0 saturated carbocycles. The Kier molecular flexibility index (Phi) is 6.41. The highest BCUT2D eigenvalue weighted by atomic mass is 32.1. The van der Waals surface area contributed by atoms with Crippen LogP contribution >= 0.6 is 11.3 Å². The molecule has 30 heavy (non-hydrogen) atoms. The minimum atomic E-state index is -0.294. The molecule has 0 atom stereocenters. The number of thiazole rings is 1. The third-order valence-corrected chi connectivity index (χ3v) is 6.43. The highest BCUT2D eigenvalue weighted by molar-refractivity contribution is 7.22. The van der Waals surface area contributed by atoms with Crippen LogP contribution in [0.2, 0.25) is 0 Å². The number of fused-ring (bicyclic) bond motifs is 1. The van der Waals surface area contributed by atoms with Crippen molar-refractivity contribution in [1.29, 1.82) is 0 Å². The Morgan fingerprint density at radius 2 is 2.00 bits per heavy atom. The van der Waals surface area contributed by atoms with E-state index in [0.717, 1.165) is 55.1 Å². The van der Waals surface area contributed by atoms with Gasteiger partial charge in [0, 0.05) is 31.7 Å². The number of hydrogen-bond donors (Lipinski definition) is 0. The van der Waals surface area contributed by atoms with Crippen molar-refractivity contribution in [3.63, 3.8) is 0 Å². The minimum Gasteiger partial charge on any atom is -0.379 e. The molecule has 0 N–H and O–H groups in total. The fraction of sp³-hybridized carbons (Fsp3) is 0.391. The first-order valence-corrected chi connectivity index (χ1v) is 11.1. The molecule has 0 spiro atoms. The molecule has 0 radical (unpaired) electrons. The summed E-state index contributed by atoms with van der Waals surface area (Å²) in [6, 6.07) is 10.4. The molecule has 0 aliphatic carbocycles. The predicted octanol–water partition coefficient (Wildman–Crippen LogP) is 4.42. The van der Waals surface area contributed by atoms with Gasteiger partial charge in [0.25, 0.3) is 5.91 Å². The summed E-state index contributed by atoms with van der Waals surface area (Å²) < 4.78 is 19.8. The fourth-order valence-corrected chi connectivity index (χ4v) is 4.78. The van der Waals surface area contributed by atoms with Crippen LogP contribution in [0.4, 0.5) is 9.52 Å². The quantitative estimate of drug-likeness (QED) is 0.584. The Labute approximate surface area is 180 Å². The minimum absolute atomic E-state index is 0.0611. The molecular weight excluding hydrogens is 401 g/mol. The van der Waals surface area contributed by atoms with Crippen LogP contribution in [0.3, 0.4) is 0 Å². The van der Waals surface area contributed by atoms with Gasteiger partial charge in [0.05, 0.1) is 23.4 Å². The Balaban J connectivity index is 1.59. The first-order chi connectivity index (χ1) is 14.5. The molecule has 1 aromatic heterocycles. The maximum atomic E-state index is 13.7. The number of rotatable bonds is 6. The van der Waals surface area contributed by atoms with Gasteiger partial charge in [-0.2, -0.15) is 0 Å². The van der Waals surface area contributed by atoms with E-state index in [1.54, 1.807) is 11.0 Å². The van der Waals surface area contributed by atoms with Crippen molar-refractivity contribution in [1.82, 2.24) is 9.88 Å². The predicted molar refractivity (Wildman–Crippen MR) is 119 cm³/mol. The second-order valence-corrected chi connectivity index (χ2v) is 8.70. The van der Waals surface area contributed by atoms with E-state index in [2.05, 4.69) is 9.88 Å². The number of ether oxygens (including phenoxy) is 1. The molecule has 0 bridgehead atoms. The summed E-state index contributed by atoms with van der Waals surface area (Å²) in [7, 11) is 0. The largest absolute Gasteiger partial charge is 0.379 e. The standard InChI is InChI=1S/C23H26FN3O2S/c1-16-4-6-19(17(2)14-16)22(28)27(9-3-8-26-10-12-29-13-11-26)23-25-20-7-5-18(24)15-21(20)30-23/h4-7,14-15H,3,8-13H2,1-2H3. The van der Waals surface area contributed by atoms with Gasteiger partial charge in [-0.1, -0.05) is 29.0 Å². The number of aryl methyl sites for hydroxylation is 2. The number of anilines is 1. The average molecular weight is 428 g/mol. The van der Waals surface area contributed by atoms with Gasteiger partial charge in [-0.25, -0.2) is 9.37 Å². The maximum absolute atomic E-state index is 13.7. The summed E-state index contributed by atoms with van der Waals surface area (Å²) in [6.07, 6.45) is 0.834. The topological polar surface area (TPSA) is 45.7 Å². The highest BCUT2D eigenvalue weighted by Crippen LogP contribution is 2.31. The second kappa shape index (κ2) is 9.20. The zero-order chi connectivity index (χ0) is 21.1. The Hall–Kier alpha value is -2.35. The number of amides is 1. The van der Waals surface area contributed by atoms with Gasteiger partial charge in [-0.05, 0) is 50.1 Å². The number of carbonyl (C=O) groups excluding carboxylic acids is 1.